The number of anilines is 1. The quantitative estimate of drug-likeness (QED) is 0.904. The van der Waals surface area contributed by atoms with Gasteiger partial charge in [-0.3, -0.25) is 0 Å². The Balaban J connectivity index is 1.86. The minimum absolute atomic E-state index is 0.318. The van der Waals surface area contributed by atoms with E-state index in [2.05, 4.69) is 34.3 Å². The summed E-state index contributed by atoms with van der Waals surface area (Å²) in [7, 11) is 0. The number of nitrogens with two attached hydrogens (primary N) is 1. The first-order valence-electron chi connectivity index (χ1n) is 6.49. The van der Waals surface area contributed by atoms with Crippen LogP contribution in [0.5, 0.6) is 0 Å². The Kier molecular flexibility index (Phi) is 2.99. The highest BCUT2D eigenvalue weighted by molar-refractivity contribution is 7.17. The molecule has 2 N–H and O–H groups in total. The summed E-state index contributed by atoms with van der Waals surface area (Å²) in [6.07, 6.45) is 4.24. The summed E-state index contributed by atoms with van der Waals surface area (Å²) in [5.41, 5.74) is 6.18. The van der Waals surface area contributed by atoms with Crippen molar-refractivity contribution in [1.82, 2.24) is 4.98 Å². The Morgan fingerprint density at radius 1 is 1.39 bits per heavy atom. The predicted octanol–water partition coefficient (Wildman–Crippen LogP) is 2.86. The van der Waals surface area contributed by atoms with E-state index in [1.165, 1.54) is 10.1 Å². The summed E-state index contributed by atoms with van der Waals surface area (Å²) in [6.45, 7) is 5.21. The number of hydrogen-bond acceptors (Lipinski definition) is 4. The van der Waals surface area contributed by atoms with E-state index in [4.69, 9.17) is 5.73 Å². The first kappa shape index (κ1) is 11.9. The van der Waals surface area contributed by atoms with Crippen LogP contribution in [0.1, 0.15) is 19.8 Å². The van der Waals surface area contributed by atoms with Crippen molar-refractivity contribution in [3.8, 4) is 0 Å². The number of pyridine rings is 1. The smallest absolute Gasteiger partial charge is 0.137 e. The molecule has 2 aromatic heterocycles. The van der Waals surface area contributed by atoms with Gasteiger partial charge in [-0.05, 0) is 42.3 Å². The van der Waals surface area contributed by atoms with Crippen molar-refractivity contribution < 1.29 is 0 Å². The van der Waals surface area contributed by atoms with Crippen LogP contribution in [0.4, 0.5) is 5.82 Å². The largest absolute Gasteiger partial charge is 0.356 e. The fourth-order valence-corrected chi connectivity index (χ4v) is 3.37. The Labute approximate surface area is 112 Å². The summed E-state index contributed by atoms with van der Waals surface area (Å²) in [6, 6.07) is 4.27. The van der Waals surface area contributed by atoms with Gasteiger partial charge in [0.2, 0.25) is 0 Å². The van der Waals surface area contributed by atoms with Crippen molar-refractivity contribution in [2.45, 2.75) is 19.8 Å². The van der Waals surface area contributed by atoms with Crippen LogP contribution < -0.4 is 10.6 Å². The monoisotopic (exact) mass is 261 g/mol. The Morgan fingerprint density at radius 2 is 2.17 bits per heavy atom. The van der Waals surface area contributed by atoms with Gasteiger partial charge in [0.15, 0.2) is 0 Å². The Hall–Kier alpha value is -1.13. The van der Waals surface area contributed by atoms with E-state index < -0.39 is 0 Å². The molecule has 0 saturated carbocycles. The van der Waals surface area contributed by atoms with Crippen molar-refractivity contribution in [3.63, 3.8) is 0 Å². The second-order valence-electron chi connectivity index (χ2n) is 5.47. The zero-order chi connectivity index (χ0) is 12.6. The number of nitrogens with zero attached hydrogens (tertiary/aromatic N) is 2. The normalized spacial score (nSPS) is 19.3. The number of piperidine rings is 1. The van der Waals surface area contributed by atoms with Gasteiger partial charge >= 0.3 is 0 Å². The van der Waals surface area contributed by atoms with Crippen LogP contribution in [0.25, 0.3) is 10.1 Å². The Bertz CT molecular complexity index is 541. The molecule has 0 aliphatic carbocycles. The third-order valence-electron chi connectivity index (χ3n) is 4.12. The molecule has 0 unspecified atom stereocenters. The van der Waals surface area contributed by atoms with Gasteiger partial charge in [0.1, 0.15) is 5.82 Å². The molecule has 0 bridgehead atoms. The summed E-state index contributed by atoms with van der Waals surface area (Å²) >= 11 is 1.78. The average Bonchev–Trinajstić information content (AvgIpc) is 2.88. The number of hydrogen-bond donors (Lipinski definition) is 1. The molecule has 3 rings (SSSR count). The maximum absolute atomic E-state index is 5.86. The number of rotatable bonds is 2. The average molecular weight is 261 g/mol. The van der Waals surface area contributed by atoms with Crippen molar-refractivity contribution in [3.05, 3.63) is 23.7 Å². The van der Waals surface area contributed by atoms with E-state index in [0.717, 1.165) is 38.3 Å². The molecule has 0 atom stereocenters. The van der Waals surface area contributed by atoms with Crippen LogP contribution in [0.3, 0.4) is 0 Å². The first-order valence-corrected chi connectivity index (χ1v) is 7.37. The lowest BCUT2D eigenvalue weighted by Crippen LogP contribution is -2.42. The summed E-state index contributed by atoms with van der Waals surface area (Å²) in [5, 5.41) is 3.43. The van der Waals surface area contributed by atoms with Gasteiger partial charge in [-0.1, -0.05) is 6.92 Å². The van der Waals surface area contributed by atoms with Gasteiger partial charge in [-0.15, -0.1) is 11.3 Å². The standard InChI is InChI=1S/C14H19N3S/c1-14(10-15)4-7-17(8-5-14)13-11-3-9-18-12(11)2-6-16-13/h2-3,6,9H,4-5,7-8,10,15H2,1H3. The van der Waals surface area contributed by atoms with Crippen LogP contribution >= 0.6 is 11.3 Å². The zero-order valence-corrected chi connectivity index (χ0v) is 11.5. The topological polar surface area (TPSA) is 42.1 Å². The van der Waals surface area contributed by atoms with Crippen molar-refractivity contribution >= 4 is 27.2 Å². The minimum atomic E-state index is 0.318. The Morgan fingerprint density at radius 3 is 2.89 bits per heavy atom. The van der Waals surface area contributed by atoms with Gasteiger partial charge in [0.25, 0.3) is 0 Å². The third-order valence-corrected chi connectivity index (χ3v) is 5.00. The molecule has 1 aliphatic rings. The predicted molar refractivity (Wildman–Crippen MR) is 78.2 cm³/mol. The highest BCUT2D eigenvalue weighted by Gasteiger charge is 2.29. The molecule has 3 nitrogen and oxygen atoms in total. The van der Waals surface area contributed by atoms with Crippen molar-refractivity contribution in [1.29, 1.82) is 0 Å². The summed E-state index contributed by atoms with van der Waals surface area (Å²) in [5.74, 6) is 1.15. The van der Waals surface area contributed by atoms with E-state index in [1.807, 2.05) is 6.20 Å². The van der Waals surface area contributed by atoms with Gasteiger partial charge < -0.3 is 10.6 Å². The second kappa shape index (κ2) is 4.52. The summed E-state index contributed by atoms with van der Waals surface area (Å²) < 4.78 is 1.33. The van der Waals surface area contributed by atoms with E-state index >= 15 is 0 Å². The minimum Gasteiger partial charge on any atom is -0.356 e. The molecule has 3 heterocycles. The van der Waals surface area contributed by atoms with Crippen LogP contribution in [0.15, 0.2) is 23.7 Å². The second-order valence-corrected chi connectivity index (χ2v) is 6.42. The van der Waals surface area contributed by atoms with Crippen molar-refractivity contribution in [2.75, 3.05) is 24.5 Å². The van der Waals surface area contributed by atoms with Crippen LogP contribution in [-0.2, 0) is 0 Å². The molecule has 0 amide bonds. The molecule has 1 saturated heterocycles. The highest BCUT2D eigenvalue weighted by Crippen LogP contribution is 2.34. The molecule has 0 aromatic carbocycles. The van der Waals surface area contributed by atoms with Crippen LogP contribution in [-0.4, -0.2) is 24.6 Å². The lowest BCUT2D eigenvalue weighted by molar-refractivity contribution is 0.258. The third kappa shape index (κ3) is 1.99. The molecule has 1 fully saturated rings. The lowest BCUT2D eigenvalue weighted by Gasteiger charge is -2.39. The number of fused-ring (bicyclic) bond motifs is 1. The van der Waals surface area contributed by atoms with Gasteiger partial charge in [-0.25, -0.2) is 4.98 Å². The molecular formula is C14H19N3S. The zero-order valence-electron chi connectivity index (χ0n) is 10.7. The van der Waals surface area contributed by atoms with E-state index in [9.17, 15) is 0 Å². The molecule has 18 heavy (non-hydrogen) atoms. The van der Waals surface area contributed by atoms with E-state index in [0.29, 0.717) is 5.41 Å². The van der Waals surface area contributed by atoms with E-state index in [-0.39, 0.29) is 0 Å². The molecule has 2 aromatic rings. The number of aromatic nitrogens is 1. The molecule has 96 valence electrons. The van der Waals surface area contributed by atoms with Crippen molar-refractivity contribution in [2.24, 2.45) is 11.1 Å². The molecule has 1 aliphatic heterocycles. The highest BCUT2D eigenvalue weighted by atomic mass is 32.1. The maximum Gasteiger partial charge on any atom is 0.137 e. The van der Waals surface area contributed by atoms with Gasteiger partial charge in [-0.2, -0.15) is 0 Å². The molecule has 0 radical (unpaired) electrons. The van der Waals surface area contributed by atoms with E-state index in [1.54, 1.807) is 11.3 Å². The fourth-order valence-electron chi connectivity index (χ4n) is 2.59. The van der Waals surface area contributed by atoms with Gasteiger partial charge in [0.05, 0.1) is 0 Å². The first-order chi connectivity index (χ1) is 8.72. The maximum atomic E-state index is 5.86. The number of thiophene rings is 1. The van der Waals surface area contributed by atoms with Crippen LogP contribution in [0, 0.1) is 5.41 Å². The van der Waals surface area contributed by atoms with Gasteiger partial charge in [0, 0.05) is 29.4 Å². The SMILES string of the molecule is CC1(CN)CCN(c2nccc3sccc23)CC1. The summed E-state index contributed by atoms with van der Waals surface area (Å²) in [4.78, 5) is 6.99. The fraction of sp³-hybridized carbons (Fsp3) is 0.500. The molecule has 0 spiro atoms. The molecule has 4 heteroatoms. The lowest BCUT2D eigenvalue weighted by atomic mass is 9.80. The molecular weight excluding hydrogens is 242 g/mol. The van der Waals surface area contributed by atoms with Crippen LogP contribution in [0.2, 0.25) is 0 Å².